The summed E-state index contributed by atoms with van der Waals surface area (Å²) in [5, 5.41) is 12.3. The molecule has 0 radical (unpaired) electrons. The molecule has 1 heterocycles. The Bertz CT molecular complexity index is 1200. The van der Waals surface area contributed by atoms with Gasteiger partial charge >= 0.3 is 6.03 Å². The lowest BCUT2D eigenvalue weighted by Gasteiger charge is -2.30. The maximum Gasteiger partial charge on any atom is 0.315 e. The molecule has 1 saturated carbocycles. The molecular formula is C29H38N6O. The first kappa shape index (κ1) is 24.3. The standard InChI is InChI=1S/C29H38N6O/c1-35(2)27-25-12-5-6-13-26(25)33-28(34-27)31-22-14-16-23(17-15-22)32-29(36)30-19-18-21-10-7-9-20-8-3-4-11-24(20)21/h3-4,7-11,22-23H,5-6,12-19H2,1-2H3,(H2,30,32,36)(H,31,33,34). The van der Waals surface area contributed by atoms with Gasteiger partial charge in [0, 0.05) is 38.3 Å². The first-order valence-electron chi connectivity index (χ1n) is 13.4. The molecule has 1 aromatic heterocycles. The minimum atomic E-state index is -0.0692. The first-order chi connectivity index (χ1) is 17.6. The molecule has 1 fully saturated rings. The van der Waals surface area contributed by atoms with Crippen molar-refractivity contribution < 1.29 is 4.79 Å². The van der Waals surface area contributed by atoms with E-state index in [1.165, 1.54) is 40.4 Å². The van der Waals surface area contributed by atoms with Crippen molar-refractivity contribution >= 4 is 28.6 Å². The predicted molar refractivity (Wildman–Crippen MR) is 147 cm³/mol. The molecule has 0 aliphatic heterocycles. The molecule has 0 spiro atoms. The van der Waals surface area contributed by atoms with Crippen LogP contribution in [0.4, 0.5) is 16.6 Å². The van der Waals surface area contributed by atoms with Crippen molar-refractivity contribution in [3.05, 3.63) is 59.3 Å². The fourth-order valence-electron chi connectivity index (χ4n) is 5.63. The van der Waals surface area contributed by atoms with Crippen LogP contribution in [0.25, 0.3) is 10.8 Å². The summed E-state index contributed by atoms with van der Waals surface area (Å²) in [4.78, 5) is 24.3. The van der Waals surface area contributed by atoms with Crippen molar-refractivity contribution in [3.63, 3.8) is 0 Å². The Hall–Kier alpha value is -3.35. The van der Waals surface area contributed by atoms with E-state index in [2.05, 4.69) is 77.4 Å². The molecule has 0 saturated heterocycles. The molecule has 7 nitrogen and oxygen atoms in total. The van der Waals surface area contributed by atoms with Crippen molar-refractivity contribution in [2.75, 3.05) is 30.9 Å². The van der Waals surface area contributed by atoms with Gasteiger partial charge in [0.25, 0.3) is 0 Å². The van der Waals surface area contributed by atoms with Gasteiger partial charge in [-0.15, -0.1) is 0 Å². The van der Waals surface area contributed by atoms with Crippen LogP contribution in [-0.2, 0) is 19.3 Å². The molecule has 190 valence electrons. The highest BCUT2D eigenvalue weighted by atomic mass is 16.2. The topological polar surface area (TPSA) is 82.2 Å². The van der Waals surface area contributed by atoms with Crippen molar-refractivity contribution in [1.29, 1.82) is 0 Å². The molecule has 2 aromatic carbocycles. The number of aryl methyl sites for hydroxylation is 1. The van der Waals surface area contributed by atoms with Gasteiger partial charge in [0.05, 0.1) is 5.69 Å². The fraction of sp³-hybridized carbons (Fsp3) is 0.483. The van der Waals surface area contributed by atoms with Gasteiger partial charge in [-0.25, -0.2) is 9.78 Å². The number of carbonyl (C=O) groups excluding carboxylic acids is 1. The second-order valence-electron chi connectivity index (χ2n) is 10.4. The number of urea groups is 1. The molecule has 3 N–H and O–H groups in total. The van der Waals surface area contributed by atoms with E-state index in [-0.39, 0.29) is 12.1 Å². The molecule has 3 aromatic rings. The number of nitrogens with one attached hydrogen (secondary N) is 3. The molecule has 36 heavy (non-hydrogen) atoms. The third-order valence-corrected chi connectivity index (χ3v) is 7.54. The number of rotatable bonds is 7. The number of carbonyl (C=O) groups is 1. The van der Waals surface area contributed by atoms with Crippen LogP contribution in [0.5, 0.6) is 0 Å². The van der Waals surface area contributed by atoms with Crippen molar-refractivity contribution in [2.24, 2.45) is 0 Å². The van der Waals surface area contributed by atoms with Crippen LogP contribution in [-0.4, -0.2) is 48.7 Å². The predicted octanol–water partition coefficient (Wildman–Crippen LogP) is 4.84. The first-order valence-corrected chi connectivity index (χ1v) is 13.4. The van der Waals surface area contributed by atoms with Gasteiger partial charge in [0.1, 0.15) is 5.82 Å². The highest BCUT2D eigenvalue weighted by molar-refractivity contribution is 5.85. The number of anilines is 2. The summed E-state index contributed by atoms with van der Waals surface area (Å²) in [6.07, 6.45) is 9.27. The van der Waals surface area contributed by atoms with Crippen LogP contribution in [0.3, 0.4) is 0 Å². The van der Waals surface area contributed by atoms with E-state index >= 15 is 0 Å². The van der Waals surface area contributed by atoms with E-state index < -0.39 is 0 Å². The Morgan fingerprint density at radius 2 is 1.69 bits per heavy atom. The Balaban J connectivity index is 1.08. The zero-order valence-electron chi connectivity index (χ0n) is 21.5. The minimum Gasteiger partial charge on any atom is -0.362 e. The summed E-state index contributed by atoms with van der Waals surface area (Å²) in [6.45, 7) is 0.626. The van der Waals surface area contributed by atoms with Crippen LogP contribution in [0.15, 0.2) is 42.5 Å². The molecule has 2 amide bonds. The Morgan fingerprint density at radius 3 is 2.53 bits per heavy atom. The molecule has 2 aliphatic rings. The zero-order valence-corrected chi connectivity index (χ0v) is 21.5. The van der Waals surface area contributed by atoms with E-state index in [1.807, 2.05) is 0 Å². The third-order valence-electron chi connectivity index (χ3n) is 7.54. The molecule has 5 rings (SSSR count). The maximum atomic E-state index is 12.5. The lowest BCUT2D eigenvalue weighted by Crippen LogP contribution is -2.45. The maximum absolute atomic E-state index is 12.5. The highest BCUT2D eigenvalue weighted by Crippen LogP contribution is 2.29. The largest absolute Gasteiger partial charge is 0.362 e. The van der Waals surface area contributed by atoms with E-state index in [1.54, 1.807) is 0 Å². The summed E-state index contributed by atoms with van der Waals surface area (Å²) in [5.41, 5.74) is 3.79. The Labute approximate surface area is 214 Å². The molecule has 2 aliphatic carbocycles. The van der Waals surface area contributed by atoms with Crippen molar-refractivity contribution in [3.8, 4) is 0 Å². The van der Waals surface area contributed by atoms with Crippen LogP contribution in [0.2, 0.25) is 0 Å². The number of nitrogens with zero attached hydrogens (tertiary/aromatic N) is 3. The highest BCUT2D eigenvalue weighted by Gasteiger charge is 2.24. The van der Waals surface area contributed by atoms with Crippen molar-refractivity contribution in [1.82, 2.24) is 20.6 Å². The third kappa shape index (κ3) is 5.72. The molecule has 0 atom stereocenters. The minimum absolute atomic E-state index is 0.0692. The van der Waals surface area contributed by atoms with Crippen LogP contribution >= 0.6 is 0 Å². The van der Waals surface area contributed by atoms with Gasteiger partial charge in [-0.2, -0.15) is 4.98 Å². The summed E-state index contributed by atoms with van der Waals surface area (Å²) < 4.78 is 0. The van der Waals surface area contributed by atoms with Gasteiger partial charge in [-0.05, 0) is 74.1 Å². The molecule has 0 bridgehead atoms. The smallest absolute Gasteiger partial charge is 0.315 e. The summed E-state index contributed by atoms with van der Waals surface area (Å²) >= 11 is 0. The van der Waals surface area contributed by atoms with Gasteiger partial charge in [0.2, 0.25) is 5.95 Å². The lowest BCUT2D eigenvalue weighted by molar-refractivity contribution is 0.232. The quantitative estimate of drug-likeness (QED) is 0.445. The van der Waals surface area contributed by atoms with E-state index in [4.69, 9.17) is 9.97 Å². The molecule has 7 heteroatoms. The van der Waals surface area contributed by atoms with Gasteiger partial charge in [-0.3, -0.25) is 0 Å². The van der Waals surface area contributed by atoms with Crippen LogP contribution in [0, 0.1) is 0 Å². The monoisotopic (exact) mass is 486 g/mol. The van der Waals surface area contributed by atoms with Crippen molar-refractivity contribution in [2.45, 2.75) is 69.9 Å². The number of fused-ring (bicyclic) bond motifs is 2. The zero-order chi connectivity index (χ0) is 24.9. The van der Waals surface area contributed by atoms with Crippen LogP contribution in [0.1, 0.15) is 55.3 Å². The lowest BCUT2D eigenvalue weighted by atomic mass is 9.91. The number of hydrogen-bond acceptors (Lipinski definition) is 5. The van der Waals surface area contributed by atoms with Crippen LogP contribution < -0.4 is 20.9 Å². The number of benzene rings is 2. The fourth-order valence-corrected chi connectivity index (χ4v) is 5.63. The summed E-state index contributed by atoms with van der Waals surface area (Å²) in [7, 11) is 4.12. The second-order valence-corrected chi connectivity index (χ2v) is 10.4. The molecule has 0 unspecified atom stereocenters. The van der Waals surface area contributed by atoms with Gasteiger partial charge in [0.15, 0.2) is 0 Å². The number of hydrogen-bond donors (Lipinski definition) is 3. The normalized spacial score (nSPS) is 19.4. The SMILES string of the molecule is CN(C)c1nc(NC2CCC(NC(=O)NCCc3cccc4ccccc34)CC2)nc2c1CCCC2. The average Bonchev–Trinajstić information content (AvgIpc) is 2.89. The Morgan fingerprint density at radius 1 is 0.944 bits per heavy atom. The van der Waals surface area contributed by atoms with E-state index in [0.717, 1.165) is 56.7 Å². The summed E-state index contributed by atoms with van der Waals surface area (Å²) in [6, 6.07) is 15.2. The number of amides is 2. The van der Waals surface area contributed by atoms with E-state index in [0.29, 0.717) is 12.6 Å². The number of aromatic nitrogens is 2. The van der Waals surface area contributed by atoms with E-state index in [9.17, 15) is 4.79 Å². The van der Waals surface area contributed by atoms with Gasteiger partial charge < -0.3 is 20.9 Å². The van der Waals surface area contributed by atoms with Gasteiger partial charge in [-0.1, -0.05) is 42.5 Å². The molecular weight excluding hydrogens is 448 g/mol. The Kier molecular flexibility index (Phi) is 7.54. The average molecular weight is 487 g/mol. The summed E-state index contributed by atoms with van der Waals surface area (Å²) in [5.74, 6) is 1.81. The second kappa shape index (κ2) is 11.1.